The van der Waals surface area contributed by atoms with Crippen LogP contribution in [0.2, 0.25) is 0 Å². The molecule has 0 aliphatic rings. The van der Waals surface area contributed by atoms with Crippen LogP contribution >= 0.6 is 11.3 Å². The van der Waals surface area contributed by atoms with Crippen molar-refractivity contribution >= 4 is 21.6 Å². The SMILES string of the molecule is Cc1ccc(-c2ccc(-c3csc4[nH]c(=O)c(-c5ccncc5)c(O)c34)cc2)cc1. The number of rotatable bonds is 3. The Labute approximate surface area is 177 Å². The van der Waals surface area contributed by atoms with Crippen molar-refractivity contribution in [3.05, 3.63) is 94.4 Å². The summed E-state index contributed by atoms with van der Waals surface area (Å²) in [5.41, 5.74) is 6.00. The fourth-order valence-electron chi connectivity index (χ4n) is 3.67. The zero-order valence-corrected chi connectivity index (χ0v) is 17.0. The zero-order chi connectivity index (χ0) is 20.7. The number of thiophene rings is 1. The Morgan fingerprint density at radius 1 is 0.833 bits per heavy atom. The van der Waals surface area contributed by atoms with Gasteiger partial charge in [-0.15, -0.1) is 11.3 Å². The van der Waals surface area contributed by atoms with Gasteiger partial charge in [-0.2, -0.15) is 0 Å². The van der Waals surface area contributed by atoms with E-state index in [4.69, 9.17) is 0 Å². The van der Waals surface area contributed by atoms with Crippen LogP contribution in [0.15, 0.2) is 83.2 Å². The molecule has 0 bridgehead atoms. The number of nitrogens with zero attached hydrogens (tertiary/aromatic N) is 1. The van der Waals surface area contributed by atoms with Crippen LogP contribution in [0.4, 0.5) is 0 Å². The van der Waals surface area contributed by atoms with Crippen LogP contribution < -0.4 is 5.56 Å². The molecule has 2 aromatic carbocycles. The van der Waals surface area contributed by atoms with Gasteiger partial charge in [-0.3, -0.25) is 9.78 Å². The number of hydrogen-bond acceptors (Lipinski definition) is 4. The first-order chi connectivity index (χ1) is 14.6. The first-order valence-corrected chi connectivity index (χ1v) is 10.4. The van der Waals surface area contributed by atoms with Crippen LogP contribution in [0.3, 0.4) is 0 Å². The van der Waals surface area contributed by atoms with E-state index in [1.807, 2.05) is 17.5 Å². The second kappa shape index (κ2) is 7.28. The average molecular weight is 410 g/mol. The zero-order valence-electron chi connectivity index (χ0n) is 16.2. The molecule has 0 saturated heterocycles. The van der Waals surface area contributed by atoms with Gasteiger partial charge in [0.2, 0.25) is 0 Å². The molecule has 0 atom stereocenters. The van der Waals surface area contributed by atoms with Crippen molar-refractivity contribution in [2.24, 2.45) is 0 Å². The van der Waals surface area contributed by atoms with Crippen molar-refractivity contribution < 1.29 is 5.11 Å². The summed E-state index contributed by atoms with van der Waals surface area (Å²) in [5.74, 6) is -0.00110. The predicted molar refractivity (Wildman–Crippen MR) is 123 cm³/mol. The van der Waals surface area contributed by atoms with E-state index in [-0.39, 0.29) is 16.9 Å². The summed E-state index contributed by atoms with van der Waals surface area (Å²) < 4.78 is 0. The number of pyridine rings is 2. The summed E-state index contributed by atoms with van der Waals surface area (Å²) in [6.45, 7) is 2.07. The van der Waals surface area contributed by atoms with Gasteiger partial charge in [-0.1, -0.05) is 54.1 Å². The standard InChI is InChI=1S/C25H18N2O2S/c1-15-2-4-16(5-3-15)17-6-8-18(9-7-17)20-14-30-25-22(20)23(28)21(24(29)27-25)19-10-12-26-13-11-19/h2-14H,1H3,(H2,27,28,29). The first-order valence-electron chi connectivity index (χ1n) is 9.56. The third-order valence-electron chi connectivity index (χ3n) is 5.27. The highest BCUT2D eigenvalue weighted by molar-refractivity contribution is 7.17. The highest BCUT2D eigenvalue weighted by Crippen LogP contribution is 2.41. The van der Waals surface area contributed by atoms with Crippen molar-refractivity contribution in [1.82, 2.24) is 9.97 Å². The van der Waals surface area contributed by atoms with Crippen LogP contribution in [-0.2, 0) is 0 Å². The highest BCUT2D eigenvalue weighted by Gasteiger charge is 2.18. The Kier molecular flexibility index (Phi) is 4.45. The molecule has 0 spiro atoms. The normalized spacial score (nSPS) is 11.1. The molecular weight excluding hydrogens is 392 g/mol. The minimum Gasteiger partial charge on any atom is -0.506 e. The molecule has 0 aliphatic carbocycles. The van der Waals surface area contributed by atoms with Crippen molar-refractivity contribution in [2.75, 3.05) is 0 Å². The molecule has 30 heavy (non-hydrogen) atoms. The quantitative estimate of drug-likeness (QED) is 0.383. The number of aromatic nitrogens is 2. The van der Waals surface area contributed by atoms with Gasteiger partial charge in [0.05, 0.1) is 10.9 Å². The Balaban J connectivity index is 1.63. The maximum Gasteiger partial charge on any atom is 0.260 e. The molecule has 3 heterocycles. The number of aromatic amines is 1. The van der Waals surface area contributed by atoms with Crippen LogP contribution in [0.25, 0.3) is 43.6 Å². The number of fused-ring (bicyclic) bond motifs is 1. The maximum absolute atomic E-state index is 12.6. The molecule has 0 unspecified atom stereocenters. The average Bonchev–Trinajstić information content (AvgIpc) is 3.19. The van der Waals surface area contributed by atoms with Crippen molar-refractivity contribution in [1.29, 1.82) is 0 Å². The van der Waals surface area contributed by atoms with Gasteiger partial charge in [0.25, 0.3) is 5.56 Å². The topological polar surface area (TPSA) is 66.0 Å². The molecule has 4 nitrogen and oxygen atoms in total. The number of nitrogens with one attached hydrogen (secondary N) is 1. The molecule has 5 aromatic rings. The summed E-state index contributed by atoms with van der Waals surface area (Å²) >= 11 is 1.42. The van der Waals surface area contributed by atoms with Crippen molar-refractivity contribution in [2.45, 2.75) is 6.92 Å². The van der Waals surface area contributed by atoms with Crippen LogP contribution in [0.1, 0.15) is 5.56 Å². The summed E-state index contributed by atoms with van der Waals surface area (Å²) in [7, 11) is 0. The third kappa shape index (κ3) is 3.09. The van der Waals surface area contributed by atoms with Gasteiger partial charge in [0.15, 0.2) is 0 Å². The fraction of sp³-hybridized carbons (Fsp3) is 0.0400. The summed E-state index contributed by atoms with van der Waals surface area (Å²) in [5, 5.41) is 13.7. The Bertz CT molecular complexity index is 1400. The Hall–Kier alpha value is -3.70. The second-order valence-corrected chi connectivity index (χ2v) is 8.09. The molecule has 0 amide bonds. The highest BCUT2D eigenvalue weighted by atomic mass is 32.1. The number of aromatic hydroxyl groups is 1. The number of H-pyrrole nitrogens is 1. The molecular formula is C25H18N2O2S. The Morgan fingerprint density at radius 2 is 1.43 bits per heavy atom. The summed E-state index contributed by atoms with van der Waals surface area (Å²) in [4.78, 5) is 20.2. The molecule has 0 aliphatic heterocycles. The number of aryl methyl sites for hydroxylation is 1. The van der Waals surface area contributed by atoms with Gasteiger partial charge in [0.1, 0.15) is 10.6 Å². The molecule has 146 valence electrons. The maximum atomic E-state index is 12.6. The molecule has 0 radical (unpaired) electrons. The summed E-state index contributed by atoms with van der Waals surface area (Å²) in [6.07, 6.45) is 3.22. The Morgan fingerprint density at radius 3 is 2.10 bits per heavy atom. The molecule has 2 N–H and O–H groups in total. The lowest BCUT2D eigenvalue weighted by Crippen LogP contribution is -2.08. The predicted octanol–water partition coefficient (Wildman–Crippen LogP) is 6.00. The lowest BCUT2D eigenvalue weighted by atomic mass is 9.98. The second-order valence-electron chi connectivity index (χ2n) is 7.21. The minimum absolute atomic E-state index is 0.00110. The van der Waals surface area contributed by atoms with Gasteiger partial charge < -0.3 is 10.1 Å². The van der Waals surface area contributed by atoms with Crippen molar-refractivity contribution in [3.63, 3.8) is 0 Å². The van der Waals surface area contributed by atoms with Gasteiger partial charge in [0, 0.05) is 23.3 Å². The van der Waals surface area contributed by atoms with E-state index in [0.717, 1.165) is 22.3 Å². The molecule has 0 saturated carbocycles. The van der Waals surface area contributed by atoms with Crippen LogP contribution in [0.5, 0.6) is 5.75 Å². The van der Waals surface area contributed by atoms with Gasteiger partial charge in [-0.05, 0) is 41.3 Å². The third-order valence-corrected chi connectivity index (χ3v) is 6.16. The van der Waals surface area contributed by atoms with E-state index in [2.05, 4.69) is 53.3 Å². The lowest BCUT2D eigenvalue weighted by molar-refractivity contribution is 0.483. The van der Waals surface area contributed by atoms with E-state index in [1.165, 1.54) is 16.9 Å². The van der Waals surface area contributed by atoms with Crippen LogP contribution in [-0.4, -0.2) is 15.1 Å². The summed E-state index contributed by atoms with van der Waals surface area (Å²) in [6, 6.07) is 20.1. The van der Waals surface area contributed by atoms with Gasteiger partial charge >= 0.3 is 0 Å². The van der Waals surface area contributed by atoms with E-state index in [1.54, 1.807) is 24.5 Å². The van der Waals surface area contributed by atoms with Crippen LogP contribution in [0, 0.1) is 6.92 Å². The van der Waals surface area contributed by atoms with E-state index >= 15 is 0 Å². The van der Waals surface area contributed by atoms with Gasteiger partial charge in [-0.25, -0.2) is 0 Å². The smallest absolute Gasteiger partial charge is 0.260 e. The molecule has 0 fully saturated rings. The first kappa shape index (κ1) is 18.3. The van der Waals surface area contributed by atoms with Crippen molar-refractivity contribution in [3.8, 4) is 39.1 Å². The molecule has 3 aromatic heterocycles. The number of benzene rings is 2. The monoisotopic (exact) mass is 410 g/mol. The largest absolute Gasteiger partial charge is 0.506 e. The van der Waals surface area contributed by atoms with E-state index in [0.29, 0.717) is 15.8 Å². The van der Waals surface area contributed by atoms with E-state index in [9.17, 15) is 9.90 Å². The number of hydrogen-bond donors (Lipinski definition) is 2. The minimum atomic E-state index is -0.311. The molecule has 5 rings (SSSR count). The van der Waals surface area contributed by atoms with E-state index < -0.39 is 0 Å². The fourth-order valence-corrected chi connectivity index (χ4v) is 4.64. The lowest BCUT2D eigenvalue weighted by Gasteiger charge is -2.08. The molecule has 5 heteroatoms.